The summed E-state index contributed by atoms with van der Waals surface area (Å²) in [5.41, 5.74) is 0.650. The van der Waals surface area contributed by atoms with Gasteiger partial charge in [-0.2, -0.15) is 0 Å². The zero-order chi connectivity index (χ0) is 13.8. The number of cyclic esters (lactones) is 1. The minimum atomic E-state index is -1.25. The minimum absolute atomic E-state index is 0.168. The standard InChI is InChI=1S/C13H10FNO4/c14-9-4-1-8(2-5-9)3-6-11-15-10(7-12(16)17)13(18)19-11/h1-2,4-5,7H,3,6H2,(H,16,17)/b10-7+. The zero-order valence-corrected chi connectivity index (χ0v) is 9.80. The van der Waals surface area contributed by atoms with Gasteiger partial charge in [0.25, 0.3) is 0 Å². The lowest BCUT2D eigenvalue weighted by molar-refractivity contribution is -0.133. The van der Waals surface area contributed by atoms with Crippen molar-refractivity contribution in [2.75, 3.05) is 0 Å². The molecule has 1 aromatic carbocycles. The predicted molar refractivity (Wildman–Crippen MR) is 64.0 cm³/mol. The molecule has 0 bridgehead atoms. The zero-order valence-electron chi connectivity index (χ0n) is 9.80. The quantitative estimate of drug-likeness (QED) is 0.662. The Hall–Kier alpha value is -2.50. The van der Waals surface area contributed by atoms with E-state index in [1.54, 1.807) is 12.1 Å². The summed E-state index contributed by atoms with van der Waals surface area (Å²) in [6.07, 6.45) is 1.56. The molecule has 6 heteroatoms. The number of aliphatic imine (C=N–C) groups is 1. The Morgan fingerprint density at radius 2 is 2.00 bits per heavy atom. The second-order valence-corrected chi connectivity index (χ2v) is 3.89. The molecule has 0 aliphatic carbocycles. The van der Waals surface area contributed by atoms with Crippen molar-refractivity contribution in [3.05, 3.63) is 47.4 Å². The van der Waals surface area contributed by atoms with Crippen molar-refractivity contribution in [1.29, 1.82) is 0 Å². The predicted octanol–water partition coefficient (Wildman–Crippen LogP) is 1.68. The molecule has 0 radical (unpaired) electrons. The fraction of sp³-hybridized carbons (Fsp3) is 0.154. The van der Waals surface area contributed by atoms with Crippen LogP contribution in [0.5, 0.6) is 0 Å². The molecule has 98 valence electrons. The first-order valence-electron chi connectivity index (χ1n) is 5.53. The molecule has 19 heavy (non-hydrogen) atoms. The van der Waals surface area contributed by atoms with E-state index in [-0.39, 0.29) is 17.4 Å². The third-order valence-electron chi connectivity index (χ3n) is 2.47. The number of carboxylic acids is 1. The Labute approximate surface area is 108 Å². The van der Waals surface area contributed by atoms with Crippen molar-refractivity contribution in [2.24, 2.45) is 4.99 Å². The van der Waals surface area contributed by atoms with Crippen LogP contribution in [0.1, 0.15) is 12.0 Å². The molecule has 0 saturated carbocycles. The molecule has 0 aromatic heterocycles. The number of halogens is 1. The number of hydrogen-bond acceptors (Lipinski definition) is 4. The van der Waals surface area contributed by atoms with E-state index in [9.17, 15) is 14.0 Å². The Kier molecular flexibility index (Phi) is 3.70. The minimum Gasteiger partial charge on any atom is -0.478 e. The van der Waals surface area contributed by atoms with Crippen LogP contribution in [0.25, 0.3) is 0 Å². The van der Waals surface area contributed by atoms with Crippen LogP contribution in [0, 0.1) is 5.82 Å². The maximum absolute atomic E-state index is 12.7. The number of esters is 1. The fourth-order valence-corrected chi connectivity index (χ4v) is 1.58. The number of benzene rings is 1. The van der Waals surface area contributed by atoms with Crippen LogP contribution in [-0.4, -0.2) is 22.9 Å². The molecule has 0 saturated heterocycles. The van der Waals surface area contributed by atoms with Gasteiger partial charge < -0.3 is 9.84 Å². The van der Waals surface area contributed by atoms with E-state index in [2.05, 4.69) is 4.99 Å². The van der Waals surface area contributed by atoms with Crippen molar-refractivity contribution < 1.29 is 23.8 Å². The monoisotopic (exact) mass is 263 g/mol. The molecule has 0 fully saturated rings. The summed E-state index contributed by atoms with van der Waals surface area (Å²) in [5.74, 6) is -2.17. The molecule has 1 aromatic rings. The third-order valence-corrected chi connectivity index (χ3v) is 2.47. The second kappa shape index (κ2) is 5.43. The SMILES string of the molecule is O=C(O)/C=C1/N=C(CCc2ccc(F)cc2)OC1=O. The summed E-state index contributed by atoms with van der Waals surface area (Å²) in [5, 5.41) is 8.52. The van der Waals surface area contributed by atoms with Crippen LogP contribution in [0.4, 0.5) is 4.39 Å². The van der Waals surface area contributed by atoms with E-state index in [1.807, 2.05) is 0 Å². The normalized spacial score (nSPS) is 16.4. The molecule has 1 aliphatic rings. The van der Waals surface area contributed by atoms with Gasteiger partial charge >= 0.3 is 11.9 Å². The summed E-state index contributed by atoms with van der Waals surface area (Å²) in [7, 11) is 0. The van der Waals surface area contributed by atoms with Crippen LogP contribution in [0.15, 0.2) is 41.0 Å². The molecule has 1 N–H and O–H groups in total. The lowest BCUT2D eigenvalue weighted by atomic mass is 10.1. The smallest absolute Gasteiger partial charge is 0.363 e. The summed E-state index contributed by atoms with van der Waals surface area (Å²) in [6.45, 7) is 0. The van der Waals surface area contributed by atoms with Crippen molar-refractivity contribution in [3.63, 3.8) is 0 Å². The van der Waals surface area contributed by atoms with E-state index in [4.69, 9.17) is 9.84 Å². The summed E-state index contributed by atoms with van der Waals surface area (Å²) < 4.78 is 17.5. The highest BCUT2D eigenvalue weighted by Gasteiger charge is 2.23. The van der Waals surface area contributed by atoms with Gasteiger partial charge in [0.05, 0.1) is 6.08 Å². The lowest BCUT2D eigenvalue weighted by Crippen LogP contribution is -2.05. The maximum atomic E-state index is 12.7. The van der Waals surface area contributed by atoms with Gasteiger partial charge in [0.15, 0.2) is 11.6 Å². The number of nitrogens with zero attached hydrogens (tertiary/aromatic N) is 1. The Balaban J connectivity index is 1.99. The largest absolute Gasteiger partial charge is 0.478 e. The number of carbonyl (C=O) groups is 2. The van der Waals surface area contributed by atoms with Gasteiger partial charge in [-0.15, -0.1) is 0 Å². The molecule has 1 heterocycles. The molecular formula is C13H10FNO4. The first-order valence-corrected chi connectivity index (χ1v) is 5.53. The summed E-state index contributed by atoms with van der Waals surface area (Å²) in [6, 6.07) is 5.93. The van der Waals surface area contributed by atoms with E-state index in [0.717, 1.165) is 5.56 Å². The van der Waals surface area contributed by atoms with Crippen LogP contribution in [-0.2, 0) is 20.7 Å². The molecule has 0 amide bonds. The molecule has 2 rings (SSSR count). The third kappa shape index (κ3) is 3.48. The lowest BCUT2D eigenvalue weighted by Gasteiger charge is -2.00. The summed E-state index contributed by atoms with van der Waals surface area (Å²) >= 11 is 0. The highest BCUT2D eigenvalue weighted by atomic mass is 19.1. The van der Waals surface area contributed by atoms with Crippen molar-refractivity contribution >= 4 is 17.8 Å². The molecule has 0 unspecified atom stereocenters. The van der Waals surface area contributed by atoms with Crippen LogP contribution in [0.3, 0.4) is 0 Å². The molecule has 5 nitrogen and oxygen atoms in total. The number of rotatable bonds is 4. The fourth-order valence-electron chi connectivity index (χ4n) is 1.58. The summed E-state index contributed by atoms with van der Waals surface area (Å²) in [4.78, 5) is 25.5. The van der Waals surface area contributed by atoms with Gasteiger partial charge in [0.2, 0.25) is 0 Å². The second-order valence-electron chi connectivity index (χ2n) is 3.89. The number of carbonyl (C=O) groups excluding carboxylic acids is 1. The molecular weight excluding hydrogens is 253 g/mol. The van der Waals surface area contributed by atoms with Crippen molar-refractivity contribution in [3.8, 4) is 0 Å². The van der Waals surface area contributed by atoms with E-state index in [1.165, 1.54) is 12.1 Å². The topological polar surface area (TPSA) is 76.0 Å². The maximum Gasteiger partial charge on any atom is 0.363 e. The Morgan fingerprint density at radius 1 is 1.32 bits per heavy atom. The van der Waals surface area contributed by atoms with Gasteiger partial charge in [0.1, 0.15) is 5.82 Å². The average Bonchev–Trinajstić information content (AvgIpc) is 2.69. The molecule has 1 aliphatic heterocycles. The number of carboxylic acid groups (broad SMARTS) is 1. The Bertz CT molecular complexity index is 575. The van der Waals surface area contributed by atoms with Crippen LogP contribution in [0.2, 0.25) is 0 Å². The van der Waals surface area contributed by atoms with Gasteiger partial charge in [-0.05, 0) is 24.1 Å². The number of hydrogen-bond donors (Lipinski definition) is 1. The van der Waals surface area contributed by atoms with Crippen molar-refractivity contribution in [1.82, 2.24) is 0 Å². The van der Waals surface area contributed by atoms with Crippen molar-refractivity contribution in [2.45, 2.75) is 12.8 Å². The highest BCUT2D eigenvalue weighted by Crippen LogP contribution is 2.14. The van der Waals surface area contributed by atoms with Gasteiger partial charge in [0, 0.05) is 6.42 Å². The molecule has 0 spiro atoms. The van der Waals surface area contributed by atoms with E-state index >= 15 is 0 Å². The highest BCUT2D eigenvalue weighted by molar-refractivity contribution is 6.07. The number of aliphatic carboxylic acids is 1. The Morgan fingerprint density at radius 3 is 2.63 bits per heavy atom. The van der Waals surface area contributed by atoms with E-state index in [0.29, 0.717) is 18.9 Å². The number of aryl methyl sites for hydroxylation is 1. The van der Waals surface area contributed by atoms with Crippen LogP contribution < -0.4 is 0 Å². The molecule has 0 atom stereocenters. The average molecular weight is 263 g/mol. The first-order chi connectivity index (χ1) is 9.04. The van der Waals surface area contributed by atoms with E-state index < -0.39 is 11.9 Å². The van der Waals surface area contributed by atoms with Gasteiger partial charge in [-0.1, -0.05) is 12.1 Å². The van der Waals surface area contributed by atoms with Gasteiger partial charge in [-0.3, -0.25) is 0 Å². The first kappa shape index (κ1) is 12.9. The number of ether oxygens (including phenoxy) is 1. The van der Waals surface area contributed by atoms with Gasteiger partial charge in [-0.25, -0.2) is 19.0 Å². The van der Waals surface area contributed by atoms with Crippen LogP contribution >= 0.6 is 0 Å².